The first-order chi connectivity index (χ1) is 11.7. The maximum atomic E-state index is 13.3. The molecule has 134 valence electrons. The molecule has 0 aromatic heterocycles. The van der Waals surface area contributed by atoms with Crippen LogP contribution in [0.2, 0.25) is 0 Å². The molecule has 0 spiro atoms. The van der Waals surface area contributed by atoms with Crippen molar-refractivity contribution in [2.75, 3.05) is 12.4 Å². The highest BCUT2D eigenvalue weighted by atomic mass is 32.2. The maximum Gasteiger partial charge on any atom is 0.293 e. The highest BCUT2D eigenvalue weighted by Gasteiger charge is 2.21. The minimum Gasteiger partial charge on any atom is -0.373 e. The first-order valence-corrected chi connectivity index (χ1v) is 8.57. The zero-order chi connectivity index (χ0) is 18.8. The topological polar surface area (TPSA) is 101 Å². The minimum absolute atomic E-state index is 0.0530. The molecule has 0 radical (unpaired) electrons. The molecule has 2 N–H and O–H groups in total. The number of halogens is 2. The van der Waals surface area contributed by atoms with Crippen LogP contribution in [0.3, 0.4) is 0 Å². The molecule has 0 aliphatic carbocycles. The van der Waals surface area contributed by atoms with Gasteiger partial charge in [-0.25, -0.2) is 21.9 Å². The summed E-state index contributed by atoms with van der Waals surface area (Å²) < 4.78 is 51.9. The summed E-state index contributed by atoms with van der Waals surface area (Å²) in [5, 5.41) is 14.1. The van der Waals surface area contributed by atoms with Gasteiger partial charge in [-0.05, 0) is 43.8 Å². The number of nitrogens with zero attached hydrogens (tertiary/aromatic N) is 1. The van der Waals surface area contributed by atoms with E-state index in [4.69, 9.17) is 0 Å². The van der Waals surface area contributed by atoms with E-state index >= 15 is 0 Å². The van der Waals surface area contributed by atoms with Crippen molar-refractivity contribution in [3.63, 3.8) is 0 Å². The van der Waals surface area contributed by atoms with Crippen LogP contribution in [0.5, 0.6) is 0 Å². The number of anilines is 1. The number of nitro benzene ring substituents is 1. The summed E-state index contributed by atoms with van der Waals surface area (Å²) >= 11 is 0. The largest absolute Gasteiger partial charge is 0.373 e. The third-order valence-corrected chi connectivity index (χ3v) is 4.97. The Hall–Kier alpha value is -2.59. The summed E-state index contributed by atoms with van der Waals surface area (Å²) in [7, 11) is -2.64. The van der Waals surface area contributed by atoms with Crippen molar-refractivity contribution in [3.8, 4) is 0 Å². The van der Waals surface area contributed by atoms with Crippen molar-refractivity contribution in [1.82, 2.24) is 4.72 Å². The molecule has 0 bridgehead atoms. The summed E-state index contributed by atoms with van der Waals surface area (Å²) in [6.45, 7) is 1.61. The summed E-state index contributed by atoms with van der Waals surface area (Å²) in [6, 6.07) is 6.09. The van der Waals surface area contributed by atoms with Crippen LogP contribution in [0.25, 0.3) is 0 Å². The van der Waals surface area contributed by atoms with Crippen LogP contribution in [-0.4, -0.2) is 20.4 Å². The molecule has 0 aliphatic heterocycles. The number of sulfonamides is 1. The molecular weight excluding hydrogens is 356 g/mol. The molecule has 0 saturated carbocycles. The molecule has 0 amide bonds. The van der Waals surface area contributed by atoms with Crippen LogP contribution < -0.4 is 10.0 Å². The second-order valence-electron chi connectivity index (χ2n) is 5.18. The lowest BCUT2D eigenvalue weighted by atomic mass is 10.1. The van der Waals surface area contributed by atoms with E-state index in [1.54, 1.807) is 6.92 Å². The lowest BCUT2D eigenvalue weighted by Gasteiger charge is -2.16. The monoisotopic (exact) mass is 371 g/mol. The summed E-state index contributed by atoms with van der Waals surface area (Å²) in [6.07, 6.45) is 0. The van der Waals surface area contributed by atoms with E-state index in [2.05, 4.69) is 10.0 Å². The second-order valence-corrected chi connectivity index (χ2v) is 7.07. The number of hydrogen-bond acceptors (Lipinski definition) is 5. The smallest absolute Gasteiger partial charge is 0.293 e. The standard InChI is InChI=1S/C15H15F2N3O4S/c1-9(10-3-5-12(16)13(17)7-10)19-14-6-4-11(25(23,24)18-2)8-15(14)20(21)22/h3-9,18-19H,1-2H3/t9-/m0/s1. The number of nitro groups is 1. The SMILES string of the molecule is CNS(=O)(=O)c1ccc(N[C@@H](C)c2ccc(F)c(F)c2)c([N+](=O)[O-])c1. The molecule has 2 aromatic carbocycles. The van der Waals surface area contributed by atoms with Crippen molar-refractivity contribution in [2.45, 2.75) is 17.9 Å². The molecule has 2 aromatic rings. The Morgan fingerprint density at radius 1 is 1.12 bits per heavy atom. The lowest BCUT2D eigenvalue weighted by Crippen LogP contribution is -2.19. The van der Waals surface area contributed by atoms with Gasteiger partial charge in [-0.3, -0.25) is 10.1 Å². The molecular formula is C15H15F2N3O4S. The molecule has 0 aliphatic rings. The minimum atomic E-state index is -3.84. The van der Waals surface area contributed by atoms with Gasteiger partial charge in [0.05, 0.1) is 9.82 Å². The molecule has 0 fully saturated rings. The first-order valence-electron chi connectivity index (χ1n) is 7.09. The number of hydrogen-bond donors (Lipinski definition) is 2. The van der Waals surface area contributed by atoms with Gasteiger partial charge >= 0.3 is 0 Å². The van der Waals surface area contributed by atoms with Gasteiger partial charge in [-0.1, -0.05) is 6.07 Å². The number of benzene rings is 2. The van der Waals surface area contributed by atoms with Gasteiger partial charge in [-0.2, -0.15) is 0 Å². The fraction of sp³-hybridized carbons (Fsp3) is 0.200. The van der Waals surface area contributed by atoms with Gasteiger partial charge in [0.2, 0.25) is 10.0 Å². The third kappa shape index (κ3) is 4.09. The van der Waals surface area contributed by atoms with E-state index < -0.39 is 38.3 Å². The van der Waals surface area contributed by atoms with Crippen LogP contribution in [-0.2, 0) is 10.0 Å². The Morgan fingerprint density at radius 3 is 2.36 bits per heavy atom. The van der Waals surface area contributed by atoms with Gasteiger partial charge in [0, 0.05) is 12.1 Å². The van der Waals surface area contributed by atoms with Gasteiger partial charge in [0.15, 0.2) is 11.6 Å². The van der Waals surface area contributed by atoms with Crippen LogP contribution in [0.1, 0.15) is 18.5 Å². The Kier molecular flexibility index (Phi) is 5.33. The van der Waals surface area contributed by atoms with Crippen LogP contribution in [0.4, 0.5) is 20.2 Å². The fourth-order valence-corrected chi connectivity index (χ4v) is 2.92. The first kappa shape index (κ1) is 18.7. The van der Waals surface area contributed by atoms with Gasteiger partial charge < -0.3 is 5.32 Å². The fourth-order valence-electron chi connectivity index (χ4n) is 2.17. The van der Waals surface area contributed by atoms with Crippen LogP contribution in [0, 0.1) is 21.7 Å². The highest BCUT2D eigenvalue weighted by molar-refractivity contribution is 7.89. The zero-order valence-electron chi connectivity index (χ0n) is 13.3. The lowest BCUT2D eigenvalue weighted by molar-refractivity contribution is -0.384. The summed E-state index contributed by atoms with van der Waals surface area (Å²) in [5.41, 5.74) is -0.0248. The van der Waals surface area contributed by atoms with Gasteiger partial charge in [-0.15, -0.1) is 0 Å². The van der Waals surface area contributed by atoms with E-state index in [0.717, 1.165) is 18.2 Å². The van der Waals surface area contributed by atoms with E-state index in [9.17, 15) is 27.3 Å². The molecule has 10 heteroatoms. The summed E-state index contributed by atoms with van der Waals surface area (Å²) in [5.74, 6) is -2.03. The molecule has 0 saturated heterocycles. The average molecular weight is 371 g/mol. The Labute approximate surface area is 142 Å². The van der Waals surface area contributed by atoms with Crippen molar-refractivity contribution < 1.29 is 22.1 Å². The van der Waals surface area contributed by atoms with E-state index in [0.29, 0.717) is 5.56 Å². The van der Waals surface area contributed by atoms with E-state index in [1.165, 1.54) is 25.2 Å². The molecule has 2 rings (SSSR count). The van der Waals surface area contributed by atoms with Crippen molar-refractivity contribution in [3.05, 3.63) is 63.7 Å². The number of rotatable bonds is 6. The van der Waals surface area contributed by atoms with E-state index in [-0.39, 0.29) is 10.6 Å². The number of nitrogens with one attached hydrogen (secondary N) is 2. The Bertz CT molecular complexity index is 919. The van der Waals surface area contributed by atoms with Crippen molar-refractivity contribution in [1.29, 1.82) is 0 Å². The molecule has 0 unspecified atom stereocenters. The van der Waals surface area contributed by atoms with Gasteiger partial charge in [0.25, 0.3) is 5.69 Å². The molecule has 1 atom stereocenters. The average Bonchev–Trinajstić information content (AvgIpc) is 2.57. The highest BCUT2D eigenvalue weighted by Crippen LogP contribution is 2.30. The maximum absolute atomic E-state index is 13.3. The van der Waals surface area contributed by atoms with Crippen molar-refractivity contribution in [2.24, 2.45) is 0 Å². The second kappa shape index (κ2) is 7.11. The molecule has 7 nitrogen and oxygen atoms in total. The van der Waals surface area contributed by atoms with Crippen LogP contribution >= 0.6 is 0 Å². The molecule has 25 heavy (non-hydrogen) atoms. The Balaban J connectivity index is 2.38. The quantitative estimate of drug-likeness (QED) is 0.600. The van der Waals surface area contributed by atoms with Gasteiger partial charge in [0.1, 0.15) is 5.69 Å². The van der Waals surface area contributed by atoms with Crippen LogP contribution in [0.15, 0.2) is 41.3 Å². The predicted octanol–water partition coefficient (Wildman–Crippen LogP) is 2.95. The predicted molar refractivity (Wildman–Crippen MR) is 87.7 cm³/mol. The van der Waals surface area contributed by atoms with E-state index in [1.807, 2.05) is 0 Å². The Morgan fingerprint density at radius 2 is 1.80 bits per heavy atom. The van der Waals surface area contributed by atoms with Crippen molar-refractivity contribution >= 4 is 21.4 Å². The molecule has 0 heterocycles. The zero-order valence-corrected chi connectivity index (χ0v) is 14.1. The summed E-state index contributed by atoms with van der Waals surface area (Å²) in [4.78, 5) is 10.3. The third-order valence-electron chi connectivity index (χ3n) is 3.56. The normalized spacial score (nSPS) is 12.6.